The first kappa shape index (κ1) is 17.9. The summed E-state index contributed by atoms with van der Waals surface area (Å²) < 4.78 is 11.0. The monoisotopic (exact) mass is 368 g/mol. The van der Waals surface area contributed by atoms with Gasteiger partial charge in [-0.25, -0.2) is 4.98 Å². The maximum Gasteiger partial charge on any atom is 0.253 e. The molecule has 0 saturated carbocycles. The predicted molar refractivity (Wildman–Crippen MR) is 101 cm³/mol. The Kier molecular flexibility index (Phi) is 5.60. The number of pyridine rings is 2. The molecule has 0 bridgehead atoms. The zero-order chi connectivity index (χ0) is 18.5. The molecule has 2 atom stereocenters. The minimum atomic E-state index is -0.105. The van der Waals surface area contributed by atoms with Gasteiger partial charge in [-0.1, -0.05) is 0 Å². The van der Waals surface area contributed by atoms with Crippen LogP contribution in [0.3, 0.4) is 0 Å². The van der Waals surface area contributed by atoms with Crippen molar-refractivity contribution in [2.24, 2.45) is 5.92 Å². The first-order valence-corrected chi connectivity index (χ1v) is 9.36. The molecular formula is C20H24N4O3. The highest BCUT2D eigenvalue weighted by Gasteiger charge is 2.30. The zero-order valence-corrected chi connectivity index (χ0v) is 15.2. The Morgan fingerprint density at radius 3 is 2.67 bits per heavy atom. The third-order valence-corrected chi connectivity index (χ3v) is 5.11. The molecule has 0 aliphatic carbocycles. The van der Waals surface area contributed by atoms with Gasteiger partial charge < -0.3 is 19.7 Å². The fourth-order valence-corrected chi connectivity index (χ4v) is 3.53. The number of nitrogens with zero attached hydrogens (tertiary/aromatic N) is 3. The smallest absolute Gasteiger partial charge is 0.253 e. The SMILES string of the molecule is O=C(N[C@H]1COC[C@H]1Cc1ccncc1)c1ccc(N2CCOCC2)nc1. The molecule has 2 saturated heterocycles. The quantitative estimate of drug-likeness (QED) is 0.857. The summed E-state index contributed by atoms with van der Waals surface area (Å²) >= 11 is 0. The average Bonchev–Trinajstić information content (AvgIpc) is 3.16. The lowest BCUT2D eigenvalue weighted by atomic mass is 9.95. The van der Waals surface area contributed by atoms with E-state index in [2.05, 4.69) is 20.2 Å². The number of carbonyl (C=O) groups excluding carboxylic acids is 1. The number of carbonyl (C=O) groups is 1. The molecule has 142 valence electrons. The normalized spacial score (nSPS) is 22.6. The molecule has 4 heterocycles. The zero-order valence-electron chi connectivity index (χ0n) is 15.2. The van der Waals surface area contributed by atoms with Crippen LogP contribution in [0.25, 0.3) is 0 Å². The van der Waals surface area contributed by atoms with Crippen molar-refractivity contribution >= 4 is 11.7 Å². The van der Waals surface area contributed by atoms with Gasteiger partial charge in [-0.3, -0.25) is 9.78 Å². The van der Waals surface area contributed by atoms with Gasteiger partial charge in [-0.2, -0.15) is 0 Å². The van der Waals surface area contributed by atoms with E-state index in [1.165, 1.54) is 5.56 Å². The van der Waals surface area contributed by atoms with Gasteiger partial charge >= 0.3 is 0 Å². The summed E-state index contributed by atoms with van der Waals surface area (Å²) in [6, 6.07) is 7.75. The van der Waals surface area contributed by atoms with Gasteiger partial charge in [-0.05, 0) is 36.2 Å². The Morgan fingerprint density at radius 1 is 1.11 bits per heavy atom. The van der Waals surface area contributed by atoms with Gasteiger partial charge in [0.1, 0.15) is 5.82 Å². The lowest BCUT2D eigenvalue weighted by Crippen LogP contribution is -2.40. The van der Waals surface area contributed by atoms with Crippen LogP contribution in [-0.4, -0.2) is 61.4 Å². The van der Waals surface area contributed by atoms with Crippen molar-refractivity contribution in [3.05, 3.63) is 54.0 Å². The molecule has 0 radical (unpaired) electrons. The molecule has 2 aromatic heterocycles. The molecule has 2 aliphatic heterocycles. The first-order valence-electron chi connectivity index (χ1n) is 9.36. The molecule has 7 nitrogen and oxygen atoms in total. The summed E-state index contributed by atoms with van der Waals surface area (Å²) in [6.07, 6.45) is 6.09. The molecule has 0 unspecified atom stereocenters. The number of nitrogens with one attached hydrogen (secondary N) is 1. The number of morpholine rings is 1. The van der Waals surface area contributed by atoms with Gasteiger partial charge in [0.15, 0.2) is 0 Å². The molecule has 4 rings (SSSR count). The minimum absolute atomic E-state index is 0.00425. The van der Waals surface area contributed by atoms with E-state index < -0.39 is 0 Å². The second-order valence-corrected chi connectivity index (χ2v) is 6.94. The van der Waals surface area contributed by atoms with Crippen LogP contribution in [0.1, 0.15) is 15.9 Å². The van der Waals surface area contributed by atoms with Crippen molar-refractivity contribution < 1.29 is 14.3 Å². The second kappa shape index (κ2) is 8.45. The van der Waals surface area contributed by atoms with Gasteiger partial charge in [0.2, 0.25) is 0 Å². The number of hydrogen-bond acceptors (Lipinski definition) is 6. The van der Waals surface area contributed by atoms with Crippen LogP contribution >= 0.6 is 0 Å². The molecule has 7 heteroatoms. The van der Waals surface area contributed by atoms with E-state index in [0.29, 0.717) is 32.0 Å². The fraction of sp³-hybridized carbons (Fsp3) is 0.450. The van der Waals surface area contributed by atoms with E-state index in [1.807, 2.05) is 24.3 Å². The standard InChI is InChI=1S/C20H24N4O3/c25-20(16-1-2-19(22-12-16)24-7-9-26-10-8-24)23-18-14-27-13-17(18)11-15-3-5-21-6-4-15/h1-6,12,17-18H,7-11,13-14H2,(H,23,25)/t17-,18+/m1/s1. The van der Waals surface area contributed by atoms with Crippen LogP contribution in [0.4, 0.5) is 5.82 Å². The summed E-state index contributed by atoms with van der Waals surface area (Å²) in [5, 5.41) is 3.11. The van der Waals surface area contributed by atoms with E-state index in [9.17, 15) is 4.79 Å². The van der Waals surface area contributed by atoms with Gasteiger partial charge in [0.25, 0.3) is 5.91 Å². The molecule has 1 amide bonds. The van der Waals surface area contributed by atoms with Crippen LogP contribution in [0, 0.1) is 5.92 Å². The van der Waals surface area contributed by atoms with Crippen LogP contribution in [-0.2, 0) is 15.9 Å². The van der Waals surface area contributed by atoms with Crippen LogP contribution < -0.4 is 10.2 Å². The maximum atomic E-state index is 12.6. The Labute approximate surface area is 158 Å². The summed E-state index contributed by atoms with van der Waals surface area (Å²) in [5.41, 5.74) is 1.78. The van der Waals surface area contributed by atoms with Crippen LogP contribution in [0.2, 0.25) is 0 Å². The molecule has 2 aromatic rings. The number of anilines is 1. The first-order chi connectivity index (χ1) is 13.3. The molecular weight excluding hydrogens is 344 g/mol. The fourth-order valence-electron chi connectivity index (χ4n) is 3.53. The largest absolute Gasteiger partial charge is 0.379 e. The second-order valence-electron chi connectivity index (χ2n) is 6.94. The van der Waals surface area contributed by atoms with E-state index >= 15 is 0 Å². The number of rotatable bonds is 5. The summed E-state index contributed by atoms with van der Waals surface area (Å²) in [4.78, 5) is 23.3. The Balaban J connectivity index is 1.36. The van der Waals surface area contributed by atoms with Crippen molar-refractivity contribution in [1.82, 2.24) is 15.3 Å². The Bertz CT molecular complexity index is 748. The third-order valence-electron chi connectivity index (χ3n) is 5.11. The van der Waals surface area contributed by atoms with Crippen molar-refractivity contribution in [2.45, 2.75) is 12.5 Å². The molecule has 1 N–H and O–H groups in total. The third kappa shape index (κ3) is 4.43. The molecule has 27 heavy (non-hydrogen) atoms. The molecule has 2 aliphatic rings. The highest BCUT2D eigenvalue weighted by Crippen LogP contribution is 2.20. The highest BCUT2D eigenvalue weighted by atomic mass is 16.5. The minimum Gasteiger partial charge on any atom is -0.379 e. The van der Waals surface area contributed by atoms with E-state index in [1.54, 1.807) is 18.6 Å². The summed E-state index contributed by atoms with van der Waals surface area (Å²) in [5.74, 6) is 1.04. The highest BCUT2D eigenvalue weighted by molar-refractivity contribution is 5.94. The maximum absolute atomic E-state index is 12.6. The van der Waals surface area contributed by atoms with E-state index in [4.69, 9.17) is 9.47 Å². The topological polar surface area (TPSA) is 76.6 Å². The number of aromatic nitrogens is 2. The van der Waals surface area contributed by atoms with Gasteiger partial charge in [0.05, 0.1) is 38.0 Å². The lowest BCUT2D eigenvalue weighted by molar-refractivity contribution is 0.0924. The van der Waals surface area contributed by atoms with Crippen LogP contribution in [0.15, 0.2) is 42.9 Å². The molecule has 0 spiro atoms. The Morgan fingerprint density at radius 2 is 1.93 bits per heavy atom. The average molecular weight is 368 g/mol. The van der Waals surface area contributed by atoms with Crippen molar-refractivity contribution in [2.75, 3.05) is 44.4 Å². The van der Waals surface area contributed by atoms with Crippen molar-refractivity contribution in [1.29, 1.82) is 0 Å². The molecule has 0 aromatic carbocycles. The summed E-state index contributed by atoms with van der Waals surface area (Å²) in [7, 11) is 0. The lowest BCUT2D eigenvalue weighted by Gasteiger charge is -2.27. The summed E-state index contributed by atoms with van der Waals surface area (Å²) in [6.45, 7) is 4.28. The number of hydrogen-bond donors (Lipinski definition) is 1. The number of ether oxygens (including phenoxy) is 2. The molecule has 2 fully saturated rings. The predicted octanol–water partition coefficient (Wildman–Crippen LogP) is 1.30. The Hall–Kier alpha value is -2.51. The van der Waals surface area contributed by atoms with Crippen LogP contribution in [0.5, 0.6) is 0 Å². The van der Waals surface area contributed by atoms with Crippen molar-refractivity contribution in [3.63, 3.8) is 0 Å². The van der Waals surface area contributed by atoms with E-state index in [-0.39, 0.29) is 17.9 Å². The van der Waals surface area contributed by atoms with Crippen molar-refractivity contribution in [3.8, 4) is 0 Å². The van der Waals surface area contributed by atoms with Gasteiger partial charge in [-0.15, -0.1) is 0 Å². The van der Waals surface area contributed by atoms with Gasteiger partial charge in [0, 0.05) is 37.6 Å². The van der Waals surface area contributed by atoms with E-state index in [0.717, 1.165) is 25.3 Å². The number of amides is 1.